The third-order valence-electron chi connectivity index (χ3n) is 7.96. The van der Waals surface area contributed by atoms with Gasteiger partial charge in [-0.15, -0.1) is 0 Å². The third kappa shape index (κ3) is 2.11. The van der Waals surface area contributed by atoms with Crippen molar-refractivity contribution in [3.8, 4) is 22.3 Å². The third-order valence-corrected chi connectivity index (χ3v) is 7.96. The van der Waals surface area contributed by atoms with E-state index in [1.165, 1.54) is 44.5 Å². The normalized spacial score (nSPS) is 13.5. The molecule has 4 heterocycles. The van der Waals surface area contributed by atoms with E-state index in [4.69, 9.17) is 9.97 Å². The summed E-state index contributed by atoms with van der Waals surface area (Å²) in [6.07, 6.45) is 7.65. The molecular weight excluding hydrogens is 428 g/mol. The van der Waals surface area contributed by atoms with Gasteiger partial charge >= 0.3 is 0 Å². The number of pyridine rings is 3. The number of imidazole rings is 1. The van der Waals surface area contributed by atoms with Gasteiger partial charge in [0.15, 0.2) is 5.65 Å². The average Bonchev–Trinajstić information content (AvgIpc) is 3.59. The average molecular weight is 447 g/mol. The topological polar surface area (TPSA) is 43.1 Å². The van der Waals surface area contributed by atoms with Gasteiger partial charge in [0.05, 0.1) is 22.7 Å². The van der Waals surface area contributed by atoms with Crippen LogP contribution < -0.4 is 0 Å². The molecule has 2 aliphatic carbocycles. The molecule has 0 amide bonds. The van der Waals surface area contributed by atoms with E-state index in [9.17, 15) is 0 Å². The first-order valence-electron chi connectivity index (χ1n) is 12.0. The molecule has 35 heavy (non-hydrogen) atoms. The van der Waals surface area contributed by atoms with Crippen LogP contribution in [0.4, 0.5) is 0 Å². The summed E-state index contributed by atoms with van der Waals surface area (Å²) < 4.78 is 2.29. The maximum absolute atomic E-state index is 5.13. The van der Waals surface area contributed by atoms with Crippen LogP contribution in [0, 0.1) is 0 Å². The monoisotopic (exact) mass is 446 g/mol. The molecule has 0 aliphatic heterocycles. The van der Waals surface area contributed by atoms with Crippen molar-refractivity contribution in [1.82, 2.24) is 19.4 Å². The van der Waals surface area contributed by atoms with E-state index in [0.29, 0.717) is 0 Å². The van der Waals surface area contributed by atoms with Gasteiger partial charge in [-0.3, -0.25) is 14.4 Å². The van der Waals surface area contributed by atoms with E-state index >= 15 is 0 Å². The second-order valence-corrected chi connectivity index (χ2v) is 9.67. The molecule has 9 rings (SSSR count). The van der Waals surface area contributed by atoms with Crippen LogP contribution in [0.1, 0.15) is 22.3 Å². The Kier molecular flexibility index (Phi) is 3.11. The molecule has 3 aromatic carbocycles. The van der Waals surface area contributed by atoms with Gasteiger partial charge in [-0.05, 0) is 70.0 Å². The summed E-state index contributed by atoms with van der Waals surface area (Å²) in [5.41, 5.74) is 16.2. The highest BCUT2D eigenvalue weighted by Crippen LogP contribution is 2.49. The first kappa shape index (κ1) is 17.8. The molecule has 0 fully saturated rings. The predicted octanol–water partition coefficient (Wildman–Crippen LogP) is 6.73. The van der Waals surface area contributed by atoms with Gasteiger partial charge in [-0.25, -0.2) is 4.98 Å². The van der Waals surface area contributed by atoms with E-state index in [2.05, 4.69) is 70.0 Å². The van der Waals surface area contributed by atoms with Crippen LogP contribution in [-0.4, -0.2) is 19.4 Å². The number of benzene rings is 3. The fourth-order valence-electron chi connectivity index (χ4n) is 6.55. The Labute approximate surface area is 200 Å². The van der Waals surface area contributed by atoms with Crippen LogP contribution in [0.15, 0.2) is 85.3 Å². The summed E-state index contributed by atoms with van der Waals surface area (Å²) in [7, 11) is 0. The second kappa shape index (κ2) is 6.10. The number of hydrogen-bond donors (Lipinski definition) is 0. The Morgan fingerprint density at radius 1 is 0.686 bits per heavy atom. The SMILES string of the molecule is c1ccc2c(c1)Cc1ccc3c(c1-2)Cc1ccc2nc4c5ncccc5c5ccncc5n4c2c1-3. The van der Waals surface area contributed by atoms with Crippen molar-refractivity contribution in [2.45, 2.75) is 12.8 Å². The molecule has 4 heteroatoms. The molecule has 162 valence electrons. The summed E-state index contributed by atoms with van der Waals surface area (Å²) in [6, 6.07) is 24.2. The maximum atomic E-state index is 5.13. The van der Waals surface area contributed by atoms with Crippen molar-refractivity contribution in [2.24, 2.45) is 0 Å². The standard InChI is InChI=1S/C31H18N4/c1-2-5-20-17(4-1)14-18-7-9-22-24(27(18)20)15-19-8-10-25-30(28(19)22)35-26-16-32-13-11-21(26)23-6-3-12-33-29(23)31(35)34-25/h1-13,16H,14-15H2. The largest absolute Gasteiger partial charge is 0.288 e. The molecule has 0 N–H and O–H groups in total. The quantitative estimate of drug-likeness (QED) is 0.243. The molecule has 0 atom stereocenters. The van der Waals surface area contributed by atoms with Gasteiger partial charge in [-0.2, -0.15) is 0 Å². The highest BCUT2D eigenvalue weighted by atomic mass is 15.0. The molecule has 0 bridgehead atoms. The van der Waals surface area contributed by atoms with Crippen molar-refractivity contribution in [3.05, 3.63) is 108 Å². The maximum Gasteiger partial charge on any atom is 0.165 e. The van der Waals surface area contributed by atoms with Gasteiger partial charge in [0, 0.05) is 28.7 Å². The Bertz CT molecular complexity index is 2070. The van der Waals surface area contributed by atoms with Crippen molar-refractivity contribution in [2.75, 3.05) is 0 Å². The van der Waals surface area contributed by atoms with Gasteiger partial charge in [0.25, 0.3) is 0 Å². The summed E-state index contributed by atoms with van der Waals surface area (Å²) in [6.45, 7) is 0. The molecular formula is C31H18N4. The number of nitrogens with zero attached hydrogens (tertiary/aromatic N) is 4. The minimum Gasteiger partial charge on any atom is -0.288 e. The fraction of sp³-hybridized carbons (Fsp3) is 0.0645. The lowest BCUT2D eigenvalue weighted by Crippen LogP contribution is -1.95. The van der Waals surface area contributed by atoms with Crippen molar-refractivity contribution >= 4 is 38.5 Å². The fourth-order valence-corrected chi connectivity index (χ4v) is 6.55. The lowest BCUT2D eigenvalue weighted by Gasteiger charge is -2.11. The Hall–Kier alpha value is -4.57. The predicted molar refractivity (Wildman–Crippen MR) is 140 cm³/mol. The second-order valence-electron chi connectivity index (χ2n) is 9.67. The number of fused-ring (bicyclic) bond motifs is 16. The zero-order valence-corrected chi connectivity index (χ0v) is 18.8. The van der Waals surface area contributed by atoms with Crippen molar-refractivity contribution in [1.29, 1.82) is 0 Å². The van der Waals surface area contributed by atoms with Crippen LogP contribution in [0.25, 0.3) is 60.7 Å². The summed E-state index contributed by atoms with van der Waals surface area (Å²) in [5.74, 6) is 0. The molecule has 7 aromatic rings. The molecule has 4 nitrogen and oxygen atoms in total. The van der Waals surface area contributed by atoms with Crippen LogP contribution in [0.2, 0.25) is 0 Å². The molecule has 0 unspecified atom stereocenters. The van der Waals surface area contributed by atoms with Gasteiger partial charge < -0.3 is 0 Å². The van der Waals surface area contributed by atoms with E-state index in [1.54, 1.807) is 0 Å². The first-order chi connectivity index (χ1) is 17.4. The zero-order valence-electron chi connectivity index (χ0n) is 18.8. The molecule has 4 aromatic heterocycles. The molecule has 0 radical (unpaired) electrons. The Balaban J connectivity index is 1.47. The Morgan fingerprint density at radius 2 is 1.60 bits per heavy atom. The minimum atomic E-state index is 0.893. The Morgan fingerprint density at radius 3 is 2.60 bits per heavy atom. The van der Waals surface area contributed by atoms with E-state index in [1.807, 2.05) is 24.7 Å². The lowest BCUT2D eigenvalue weighted by molar-refractivity contribution is 1.23. The van der Waals surface area contributed by atoms with Crippen molar-refractivity contribution < 1.29 is 0 Å². The minimum absolute atomic E-state index is 0.893. The summed E-state index contributed by atoms with van der Waals surface area (Å²) in [5, 5.41) is 2.26. The van der Waals surface area contributed by atoms with Crippen LogP contribution in [0.3, 0.4) is 0 Å². The van der Waals surface area contributed by atoms with Gasteiger partial charge in [-0.1, -0.05) is 48.5 Å². The summed E-state index contributed by atoms with van der Waals surface area (Å²) >= 11 is 0. The highest BCUT2D eigenvalue weighted by molar-refractivity contribution is 6.14. The van der Waals surface area contributed by atoms with Crippen LogP contribution >= 0.6 is 0 Å². The zero-order chi connectivity index (χ0) is 22.7. The van der Waals surface area contributed by atoms with Gasteiger partial charge in [0.2, 0.25) is 0 Å². The molecule has 0 spiro atoms. The lowest BCUT2D eigenvalue weighted by atomic mass is 9.95. The van der Waals surface area contributed by atoms with E-state index in [0.717, 1.165) is 51.3 Å². The van der Waals surface area contributed by atoms with Crippen LogP contribution in [0.5, 0.6) is 0 Å². The van der Waals surface area contributed by atoms with Crippen molar-refractivity contribution in [3.63, 3.8) is 0 Å². The number of rotatable bonds is 0. The summed E-state index contributed by atoms with van der Waals surface area (Å²) in [4.78, 5) is 14.4. The first-order valence-corrected chi connectivity index (χ1v) is 12.0. The van der Waals surface area contributed by atoms with E-state index < -0.39 is 0 Å². The highest BCUT2D eigenvalue weighted by Gasteiger charge is 2.30. The number of aromatic nitrogens is 4. The molecule has 0 saturated carbocycles. The van der Waals surface area contributed by atoms with E-state index in [-0.39, 0.29) is 0 Å². The molecule has 2 aliphatic rings. The van der Waals surface area contributed by atoms with Crippen LogP contribution in [-0.2, 0) is 12.8 Å². The van der Waals surface area contributed by atoms with Gasteiger partial charge in [0.1, 0.15) is 5.52 Å². The number of hydrogen-bond acceptors (Lipinski definition) is 3. The molecule has 0 saturated heterocycles. The smallest absolute Gasteiger partial charge is 0.165 e.